The van der Waals surface area contributed by atoms with Gasteiger partial charge in [-0.15, -0.1) is 0 Å². The summed E-state index contributed by atoms with van der Waals surface area (Å²) in [7, 11) is -9.28. The van der Waals surface area contributed by atoms with Crippen molar-refractivity contribution >= 4 is 53.4 Å². The van der Waals surface area contributed by atoms with Crippen LogP contribution in [-0.4, -0.2) is 78.1 Å². The number of hydrogen-bond acceptors (Lipinski definition) is 2. The normalized spacial score (nSPS) is 9.08. The maximum absolute atomic E-state index is 8.88. The molecule has 0 aromatic rings. The van der Waals surface area contributed by atoms with Crippen molar-refractivity contribution in [2.24, 2.45) is 0 Å². The van der Waals surface area contributed by atoms with Crippen LogP contribution in [0.2, 0.25) is 0 Å². The summed E-state index contributed by atoms with van der Waals surface area (Å²) in [4.78, 5) is 43.1. The molecule has 0 saturated carbocycles. The molecule has 0 heterocycles. The molecule has 0 atom stereocenters. The van der Waals surface area contributed by atoms with Crippen molar-refractivity contribution < 1.29 is 52.3 Å². The Hall–Kier alpha value is 1.40. The molecule has 0 rings (SSSR count). The van der Waals surface area contributed by atoms with E-state index in [1.807, 2.05) is 0 Å². The van der Waals surface area contributed by atoms with Gasteiger partial charge in [0.15, 0.2) is 0 Å². The Bertz CT molecular complexity index is 134. The predicted octanol–water partition coefficient (Wildman–Crippen LogP) is -3.66. The van der Waals surface area contributed by atoms with Crippen LogP contribution in [-0.2, 0) is 9.13 Å². The Morgan fingerprint density at radius 1 is 0.692 bits per heavy atom. The quantitative estimate of drug-likeness (QED) is 0.190. The van der Waals surface area contributed by atoms with E-state index in [0.29, 0.717) is 0 Å². The van der Waals surface area contributed by atoms with Crippen LogP contribution in [0.4, 0.5) is 0 Å². The zero-order chi connectivity index (χ0) is 9.00. The minimum atomic E-state index is -4.64. The molecule has 0 aliphatic rings. The molecule has 0 radical (unpaired) electrons. The van der Waals surface area contributed by atoms with Crippen molar-refractivity contribution in [3.63, 3.8) is 0 Å². The summed E-state index contributed by atoms with van der Waals surface area (Å²) in [5, 5.41) is 0. The van der Waals surface area contributed by atoms with Gasteiger partial charge < -0.3 is 43.2 Å². The maximum atomic E-state index is 8.88. The van der Waals surface area contributed by atoms with Crippen molar-refractivity contribution in [3.05, 3.63) is 0 Å². The third kappa shape index (κ3) is 889. The Labute approximate surface area is 105 Å². The molecule has 10 N–H and O–H groups in total. The van der Waals surface area contributed by atoms with Gasteiger partial charge in [-0.05, 0) is 0 Å². The minimum Gasteiger partial charge on any atom is -1.00 e. The van der Waals surface area contributed by atoms with E-state index in [0.717, 1.165) is 0 Å². The molecule has 10 nitrogen and oxygen atoms in total. The van der Waals surface area contributed by atoms with Crippen LogP contribution >= 0.6 is 15.6 Å². The van der Waals surface area contributed by atoms with E-state index in [9.17, 15) is 0 Å². The molecule has 0 aliphatic heterocycles. The topological polar surface area (TPSA) is 219 Å². The van der Waals surface area contributed by atoms with Gasteiger partial charge in [0.2, 0.25) is 0 Å². The molecule has 0 bridgehead atoms. The Morgan fingerprint density at radius 2 is 0.692 bits per heavy atom. The van der Waals surface area contributed by atoms with Crippen LogP contribution < -0.4 is 0 Å². The van der Waals surface area contributed by atoms with E-state index in [-0.39, 0.29) is 51.5 Å². The van der Waals surface area contributed by atoms with Crippen molar-refractivity contribution in [3.8, 4) is 0 Å². The van der Waals surface area contributed by atoms with Crippen molar-refractivity contribution in [2.45, 2.75) is 0 Å². The molecule has 13 heavy (non-hydrogen) atoms. The summed E-state index contributed by atoms with van der Waals surface area (Å²) in [6, 6.07) is 0. The smallest absolute Gasteiger partial charge is 1.00 e. The van der Waals surface area contributed by atoms with Gasteiger partial charge >= 0.3 is 53.4 Å². The molecule has 13 heteroatoms. The molecule has 0 amide bonds. The van der Waals surface area contributed by atoms with Crippen LogP contribution in [0.25, 0.3) is 0 Å². The predicted molar refractivity (Wildman–Crippen MR) is 43.7 cm³/mol. The first-order valence-electron chi connectivity index (χ1n) is 1.57. The fraction of sp³-hybridized carbons (Fsp3) is 0. The van der Waals surface area contributed by atoms with Crippen molar-refractivity contribution in [2.75, 3.05) is 0 Å². The van der Waals surface area contributed by atoms with Gasteiger partial charge in [-0.1, -0.05) is 0 Å². The largest absolute Gasteiger partial charge is 2.00 e. The van der Waals surface area contributed by atoms with Gasteiger partial charge in [0.05, 0.1) is 0 Å². The van der Waals surface area contributed by atoms with E-state index in [2.05, 4.69) is 0 Å². The number of phosphoric acid groups is 2. The fourth-order valence-corrected chi connectivity index (χ4v) is 0. The van der Waals surface area contributed by atoms with Gasteiger partial charge in [-0.25, -0.2) is 9.13 Å². The van der Waals surface area contributed by atoms with E-state index in [1.165, 1.54) is 0 Å². The summed E-state index contributed by atoms with van der Waals surface area (Å²) in [5.74, 6) is 0. The second-order valence-corrected chi connectivity index (χ2v) is 3.08. The average molecular weight is 274 g/mol. The van der Waals surface area contributed by atoms with E-state index >= 15 is 0 Å². The summed E-state index contributed by atoms with van der Waals surface area (Å²) < 4.78 is 17.8. The summed E-state index contributed by atoms with van der Waals surface area (Å²) in [6.45, 7) is 0. The summed E-state index contributed by atoms with van der Waals surface area (Å²) >= 11 is 0. The van der Waals surface area contributed by atoms with Gasteiger partial charge in [0.1, 0.15) is 0 Å². The van der Waals surface area contributed by atoms with Crippen LogP contribution in [0.3, 0.4) is 0 Å². The molecule has 0 aromatic carbocycles. The average Bonchev–Trinajstić information content (AvgIpc) is 1.12. The number of rotatable bonds is 0. The molecule has 0 aromatic heterocycles. The first-order valence-corrected chi connectivity index (χ1v) is 4.70. The first kappa shape index (κ1) is 29.3. The third-order valence-corrected chi connectivity index (χ3v) is 0. The van der Waals surface area contributed by atoms with E-state index in [4.69, 9.17) is 38.5 Å². The zero-order valence-corrected chi connectivity index (χ0v) is 10.1. The fourth-order valence-electron chi connectivity index (χ4n) is 0. The monoisotopic (exact) mass is 274 g/mol. The van der Waals surface area contributed by atoms with Crippen LogP contribution in [0.15, 0.2) is 0 Å². The number of hydrogen-bond donors (Lipinski definition) is 6. The standard InChI is InChI=1S/Ca.2H3O4P.2H2O.2H/c;2*1-5(2,3)4;;;;/h;2*(H3,1,2,3,4);2*1H2;;/q+2;;;;;2*-1. The molecular formula is H12CaO10P2. The van der Waals surface area contributed by atoms with Crippen LogP contribution in [0.1, 0.15) is 2.85 Å². The molecule has 0 spiro atoms. The van der Waals surface area contributed by atoms with Crippen molar-refractivity contribution in [1.29, 1.82) is 0 Å². The Balaban J connectivity index is -0.0000000128. The Morgan fingerprint density at radius 3 is 0.692 bits per heavy atom. The summed E-state index contributed by atoms with van der Waals surface area (Å²) in [6.07, 6.45) is 0. The van der Waals surface area contributed by atoms with E-state index in [1.54, 1.807) is 0 Å². The maximum Gasteiger partial charge on any atom is 2.00 e. The molecule has 0 fully saturated rings. The van der Waals surface area contributed by atoms with Gasteiger partial charge in [-0.2, -0.15) is 0 Å². The molecule has 84 valence electrons. The minimum absolute atomic E-state index is 0. The molecule has 0 unspecified atom stereocenters. The van der Waals surface area contributed by atoms with Crippen LogP contribution in [0.5, 0.6) is 0 Å². The first-order chi connectivity index (χ1) is 4.00. The van der Waals surface area contributed by atoms with Crippen LogP contribution in [0, 0.1) is 0 Å². The van der Waals surface area contributed by atoms with Gasteiger partial charge in [-0.3, -0.25) is 0 Å². The second kappa shape index (κ2) is 11.5. The van der Waals surface area contributed by atoms with Gasteiger partial charge in [0.25, 0.3) is 0 Å². The third-order valence-electron chi connectivity index (χ3n) is 0. The molecule has 0 saturated heterocycles. The molecule has 0 aliphatic carbocycles. The molecular weight excluding hydrogens is 262 g/mol. The Kier molecular flexibility index (Phi) is 25.8. The zero-order valence-electron chi connectivity index (χ0n) is 8.10. The SMILES string of the molecule is O.O.O=P(O)(O)O.O=P(O)(O)O.[Ca+2].[H-].[H-]. The van der Waals surface area contributed by atoms with Crippen molar-refractivity contribution in [1.82, 2.24) is 0 Å². The summed E-state index contributed by atoms with van der Waals surface area (Å²) in [5.41, 5.74) is 0. The van der Waals surface area contributed by atoms with Gasteiger partial charge in [0, 0.05) is 0 Å². The van der Waals surface area contributed by atoms with E-state index < -0.39 is 15.6 Å². The second-order valence-electron chi connectivity index (χ2n) is 1.03.